The van der Waals surface area contributed by atoms with Crippen LogP contribution in [0.1, 0.15) is 5.56 Å². The molecule has 78 valence electrons. The maximum atomic E-state index is 4.58. The van der Waals surface area contributed by atoms with Gasteiger partial charge in [-0.2, -0.15) is 5.10 Å². The van der Waals surface area contributed by atoms with Crippen LogP contribution in [-0.2, 0) is 0 Å². The Kier molecular flexibility index (Phi) is 1.93. The molecule has 0 aliphatic carbocycles. The van der Waals surface area contributed by atoms with Gasteiger partial charge in [0.2, 0.25) is 0 Å². The number of rotatable bonds is 1. The van der Waals surface area contributed by atoms with E-state index in [1.807, 2.05) is 25.1 Å². The van der Waals surface area contributed by atoms with Crippen LogP contribution in [0.2, 0.25) is 0 Å². The molecule has 4 nitrogen and oxygen atoms in total. The van der Waals surface area contributed by atoms with Crippen LogP contribution < -0.4 is 0 Å². The van der Waals surface area contributed by atoms with Crippen LogP contribution in [0.3, 0.4) is 0 Å². The Morgan fingerprint density at radius 2 is 2.06 bits per heavy atom. The van der Waals surface area contributed by atoms with Crippen LogP contribution in [0.5, 0.6) is 0 Å². The number of fused-ring (bicyclic) bond motifs is 1. The maximum Gasteiger partial charge on any atom is 0.158 e. The van der Waals surface area contributed by atoms with Crippen LogP contribution >= 0.6 is 0 Å². The summed E-state index contributed by atoms with van der Waals surface area (Å²) in [4.78, 5) is 8.51. The van der Waals surface area contributed by atoms with Crippen LogP contribution in [0.15, 0.2) is 43.0 Å². The molecule has 3 rings (SSSR count). The van der Waals surface area contributed by atoms with Gasteiger partial charge in [0.1, 0.15) is 12.7 Å². The van der Waals surface area contributed by atoms with Gasteiger partial charge in [-0.1, -0.05) is 18.2 Å². The molecule has 3 aromatic rings. The van der Waals surface area contributed by atoms with Gasteiger partial charge >= 0.3 is 0 Å². The molecule has 0 amide bonds. The molecule has 0 N–H and O–H groups in total. The number of para-hydroxylation sites is 1. The highest BCUT2D eigenvalue weighted by Crippen LogP contribution is 2.17. The Hall–Kier alpha value is -2.23. The topological polar surface area (TPSA) is 43.6 Å². The van der Waals surface area contributed by atoms with Gasteiger partial charge in [-0.3, -0.25) is 0 Å². The van der Waals surface area contributed by atoms with E-state index in [1.165, 1.54) is 6.33 Å². The molecule has 0 spiro atoms. The van der Waals surface area contributed by atoms with E-state index < -0.39 is 0 Å². The van der Waals surface area contributed by atoms with Gasteiger partial charge in [-0.15, -0.1) is 0 Å². The molecule has 4 heteroatoms. The Labute approximate surface area is 92.6 Å². The predicted molar refractivity (Wildman–Crippen MR) is 61.4 cm³/mol. The average molecular weight is 210 g/mol. The Bertz CT molecular complexity index is 629. The first-order valence-electron chi connectivity index (χ1n) is 5.06. The average Bonchev–Trinajstić information content (AvgIpc) is 2.81. The van der Waals surface area contributed by atoms with E-state index in [0.29, 0.717) is 0 Å². The predicted octanol–water partition coefficient (Wildman–Crippen LogP) is 2.12. The third-order valence-electron chi connectivity index (χ3n) is 2.52. The van der Waals surface area contributed by atoms with E-state index in [9.17, 15) is 0 Å². The third-order valence-corrected chi connectivity index (χ3v) is 2.52. The molecule has 1 aromatic carbocycles. The highest BCUT2D eigenvalue weighted by molar-refractivity contribution is 5.80. The highest BCUT2D eigenvalue weighted by Gasteiger charge is 2.05. The maximum absolute atomic E-state index is 4.58. The van der Waals surface area contributed by atoms with Crippen LogP contribution in [-0.4, -0.2) is 19.7 Å². The summed E-state index contributed by atoms with van der Waals surface area (Å²) in [6.07, 6.45) is 3.17. The monoisotopic (exact) mass is 210 g/mol. The van der Waals surface area contributed by atoms with Crippen LogP contribution in [0.25, 0.3) is 16.7 Å². The second kappa shape index (κ2) is 3.41. The van der Waals surface area contributed by atoms with Gasteiger partial charge in [0.05, 0.1) is 5.52 Å². The fourth-order valence-corrected chi connectivity index (χ4v) is 1.76. The highest BCUT2D eigenvalue weighted by atomic mass is 15.3. The second-order valence-electron chi connectivity index (χ2n) is 3.66. The molecular weight excluding hydrogens is 200 g/mol. The van der Waals surface area contributed by atoms with Crippen molar-refractivity contribution in [1.29, 1.82) is 0 Å². The lowest BCUT2D eigenvalue weighted by Crippen LogP contribution is -2.01. The first kappa shape index (κ1) is 9.03. The van der Waals surface area contributed by atoms with Crippen molar-refractivity contribution in [2.24, 2.45) is 0 Å². The summed E-state index contributed by atoms with van der Waals surface area (Å²) in [7, 11) is 0. The van der Waals surface area contributed by atoms with E-state index in [-0.39, 0.29) is 0 Å². The molecule has 0 aliphatic rings. The quantitative estimate of drug-likeness (QED) is 0.618. The Morgan fingerprint density at radius 1 is 1.19 bits per heavy atom. The summed E-state index contributed by atoms with van der Waals surface area (Å²) in [5, 5.41) is 5.24. The molecule has 0 saturated heterocycles. The van der Waals surface area contributed by atoms with E-state index in [2.05, 4.69) is 27.2 Å². The van der Waals surface area contributed by atoms with Gasteiger partial charge in [-0.25, -0.2) is 14.6 Å². The lowest BCUT2D eigenvalue weighted by atomic mass is 10.1. The van der Waals surface area contributed by atoms with E-state index in [1.54, 1.807) is 11.0 Å². The lowest BCUT2D eigenvalue weighted by molar-refractivity contribution is 0.842. The molecular formula is C12H10N4. The number of nitrogens with zero attached hydrogens (tertiary/aromatic N) is 4. The van der Waals surface area contributed by atoms with Gasteiger partial charge in [0.15, 0.2) is 5.82 Å². The minimum atomic E-state index is 0.830. The third kappa shape index (κ3) is 1.35. The van der Waals surface area contributed by atoms with Gasteiger partial charge in [-0.05, 0) is 24.6 Å². The molecule has 0 aliphatic heterocycles. The van der Waals surface area contributed by atoms with Gasteiger partial charge in [0.25, 0.3) is 0 Å². The lowest BCUT2D eigenvalue weighted by Gasteiger charge is -2.06. The van der Waals surface area contributed by atoms with E-state index >= 15 is 0 Å². The molecule has 16 heavy (non-hydrogen) atoms. The normalized spacial score (nSPS) is 10.8. The second-order valence-corrected chi connectivity index (χ2v) is 3.66. The number of aromatic nitrogens is 4. The molecule has 0 fully saturated rings. The number of benzene rings is 1. The van der Waals surface area contributed by atoms with Crippen molar-refractivity contribution >= 4 is 10.9 Å². The molecule has 0 unspecified atom stereocenters. The van der Waals surface area contributed by atoms with Gasteiger partial charge < -0.3 is 0 Å². The number of aryl methyl sites for hydroxylation is 1. The first-order valence-corrected chi connectivity index (χ1v) is 5.06. The molecule has 0 saturated carbocycles. The Balaban J connectivity index is 2.30. The molecule has 0 atom stereocenters. The van der Waals surface area contributed by atoms with Crippen molar-refractivity contribution in [1.82, 2.24) is 19.7 Å². The first-order chi connectivity index (χ1) is 7.84. The summed E-state index contributed by atoms with van der Waals surface area (Å²) < 4.78 is 1.68. The van der Waals surface area contributed by atoms with Crippen LogP contribution in [0.4, 0.5) is 0 Å². The van der Waals surface area contributed by atoms with Crippen molar-refractivity contribution < 1.29 is 0 Å². The van der Waals surface area contributed by atoms with E-state index in [0.717, 1.165) is 22.3 Å². The number of pyridine rings is 1. The fourth-order valence-electron chi connectivity index (χ4n) is 1.76. The van der Waals surface area contributed by atoms with Crippen molar-refractivity contribution in [3.05, 3.63) is 48.5 Å². The zero-order valence-corrected chi connectivity index (χ0v) is 8.83. The molecule has 0 bridgehead atoms. The van der Waals surface area contributed by atoms with Crippen molar-refractivity contribution in [3.63, 3.8) is 0 Å². The van der Waals surface area contributed by atoms with E-state index in [4.69, 9.17) is 0 Å². The molecule has 2 aromatic heterocycles. The van der Waals surface area contributed by atoms with Crippen molar-refractivity contribution in [2.45, 2.75) is 6.92 Å². The summed E-state index contributed by atoms with van der Waals surface area (Å²) in [5.41, 5.74) is 2.06. The minimum Gasteiger partial charge on any atom is -0.228 e. The fraction of sp³-hybridized carbons (Fsp3) is 0.0833. The SMILES string of the molecule is Cc1cc2ccccc2nc1-n1cncn1. The van der Waals surface area contributed by atoms with Crippen molar-refractivity contribution in [3.8, 4) is 5.82 Å². The summed E-state index contributed by atoms with van der Waals surface area (Å²) in [6.45, 7) is 2.02. The zero-order valence-electron chi connectivity index (χ0n) is 8.83. The standard InChI is InChI=1S/C12H10N4/c1-9-6-10-4-2-3-5-11(10)15-12(9)16-8-13-7-14-16/h2-8H,1H3. The zero-order chi connectivity index (χ0) is 11.0. The smallest absolute Gasteiger partial charge is 0.158 e. The van der Waals surface area contributed by atoms with Crippen molar-refractivity contribution in [2.75, 3.05) is 0 Å². The Morgan fingerprint density at radius 3 is 2.88 bits per heavy atom. The van der Waals surface area contributed by atoms with Gasteiger partial charge in [0, 0.05) is 5.39 Å². The summed E-state index contributed by atoms with van der Waals surface area (Å²) in [5.74, 6) is 0.830. The molecule has 2 heterocycles. The minimum absolute atomic E-state index is 0.830. The number of hydrogen-bond acceptors (Lipinski definition) is 3. The summed E-state index contributed by atoms with van der Waals surface area (Å²) >= 11 is 0. The van der Waals surface area contributed by atoms with Crippen LogP contribution in [0, 0.1) is 6.92 Å². The number of hydrogen-bond donors (Lipinski definition) is 0. The molecule has 0 radical (unpaired) electrons. The largest absolute Gasteiger partial charge is 0.228 e. The summed E-state index contributed by atoms with van der Waals surface area (Å²) in [6, 6.07) is 10.2.